The van der Waals surface area contributed by atoms with Crippen molar-refractivity contribution in [2.24, 2.45) is 0 Å². The first-order chi connectivity index (χ1) is 8.20. The highest BCUT2D eigenvalue weighted by Crippen LogP contribution is 2.39. The lowest BCUT2D eigenvalue weighted by molar-refractivity contribution is 0.0695. The number of fused-ring (bicyclic) bond motifs is 1. The SMILES string of the molecule is Cc1c(C(=O)O)c2n(c1-c1cncs1)CSC2. The Morgan fingerprint density at radius 2 is 2.41 bits per heavy atom. The van der Waals surface area contributed by atoms with E-state index in [9.17, 15) is 9.90 Å². The van der Waals surface area contributed by atoms with E-state index in [1.807, 2.05) is 6.92 Å². The Kier molecular flexibility index (Phi) is 2.48. The molecule has 0 unspecified atom stereocenters. The van der Waals surface area contributed by atoms with Crippen LogP contribution in [0.3, 0.4) is 0 Å². The van der Waals surface area contributed by atoms with Crippen LogP contribution in [0.5, 0.6) is 0 Å². The number of thiazole rings is 1. The molecule has 2 aromatic rings. The van der Waals surface area contributed by atoms with Crippen LogP contribution in [0, 0.1) is 6.92 Å². The molecule has 88 valence electrons. The highest BCUT2D eigenvalue weighted by molar-refractivity contribution is 7.97. The molecule has 0 saturated carbocycles. The summed E-state index contributed by atoms with van der Waals surface area (Å²) < 4.78 is 2.11. The summed E-state index contributed by atoms with van der Waals surface area (Å²) in [5, 5.41) is 9.31. The molecular weight excluding hydrogens is 256 g/mol. The molecule has 0 atom stereocenters. The monoisotopic (exact) mass is 266 g/mol. The topological polar surface area (TPSA) is 55.1 Å². The Bertz CT molecular complexity index is 587. The molecule has 2 aromatic heterocycles. The van der Waals surface area contributed by atoms with Crippen LogP contribution in [-0.4, -0.2) is 20.6 Å². The standard InChI is InChI=1S/C11H10N2O2S2/c1-6-9(11(14)15)7-3-16-5-13(7)10(6)8-2-12-4-17-8/h2,4H,3,5H2,1H3,(H,14,15). The van der Waals surface area contributed by atoms with E-state index in [2.05, 4.69) is 9.55 Å². The van der Waals surface area contributed by atoms with Crippen molar-refractivity contribution < 1.29 is 9.90 Å². The predicted octanol–water partition coefficient (Wildman–Crippen LogP) is 2.82. The van der Waals surface area contributed by atoms with E-state index in [0.717, 1.165) is 33.5 Å². The van der Waals surface area contributed by atoms with Gasteiger partial charge in [0, 0.05) is 17.6 Å². The molecular formula is C11H10N2O2S2. The number of aromatic carboxylic acids is 1. The third-order valence-electron chi connectivity index (χ3n) is 2.95. The predicted molar refractivity (Wildman–Crippen MR) is 68.5 cm³/mol. The molecule has 1 aliphatic heterocycles. The summed E-state index contributed by atoms with van der Waals surface area (Å²) in [5.74, 6) is 0.780. The number of hydrogen-bond acceptors (Lipinski definition) is 4. The Hall–Kier alpha value is -1.27. The number of thioether (sulfide) groups is 1. The third-order valence-corrected chi connectivity index (χ3v) is 4.65. The zero-order valence-corrected chi connectivity index (χ0v) is 10.8. The maximum absolute atomic E-state index is 11.3. The van der Waals surface area contributed by atoms with Crippen molar-refractivity contribution in [2.75, 3.05) is 0 Å². The Labute approximate surface area is 106 Å². The van der Waals surface area contributed by atoms with Gasteiger partial charge >= 0.3 is 5.97 Å². The first kappa shape index (κ1) is 10.9. The van der Waals surface area contributed by atoms with E-state index in [1.165, 1.54) is 0 Å². The van der Waals surface area contributed by atoms with Crippen LogP contribution in [0.25, 0.3) is 10.6 Å². The highest BCUT2D eigenvalue weighted by Gasteiger charge is 2.28. The summed E-state index contributed by atoms with van der Waals surface area (Å²) in [6, 6.07) is 0. The van der Waals surface area contributed by atoms with Crippen LogP contribution in [0.1, 0.15) is 21.6 Å². The minimum Gasteiger partial charge on any atom is -0.478 e. The van der Waals surface area contributed by atoms with Crippen molar-refractivity contribution in [2.45, 2.75) is 18.6 Å². The number of hydrogen-bond donors (Lipinski definition) is 1. The summed E-state index contributed by atoms with van der Waals surface area (Å²) in [7, 11) is 0. The number of aromatic nitrogens is 2. The van der Waals surface area contributed by atoms with Crippen LogP contribution in [0.4, 0.5) is 0 Å². The van der Waals surface area contributed by atoms with E-state index >= 15 is 0 Å². The second-order valence-corrected chi connectivity index (χ2v) is 5.71. The fourth-order valence-electron chi connectivity index (χ4n) is 2.27. The van der Waals surface area contributed by atoms with Crippen molar-refractivity contribution in [1.29, 1.82) is 0 Å². The second-order valence-electron chi connectivity index (χ2n) is 3.87. The van der Waals surface area contributed by atoms with E-state index in [0.29, 0.717) is 5.56 Å². The first-order valence-corrected chi connectivity index (χ1v) is 7.15. The van der Waals surface area contributed by atoms with Crippen molar-refractivity contribution in [1.82, 2.24) is 9.55 Å². The lowest BCUT2D eigenvalue weighted by atomic mass is 10.1. The molecule has 3 rings (SSSR count). The van der Waals surface area contributed by atoms with Gasteiger partial charge in [0.2, 0.25) is 0 Å². The Balaban J connectivity index is 2.30. The number of nitrogens with zero attached hydrogens (tertiary/aromatic N) is 2. The minimum absolute atomic E-state index is 0.471. The summed E-state index contributed by atoms with van der Waals surface area (Å²) in [5.41, 5.74) is 5.06. The van der Waals surface area contributed by atoms with Crippen LogP contribution in [-0.2, 0) is 11.6 Å². The van der Waals surface area contributed by atoms with E-state index < -0.39 is 5.97 Å². The first-order valence-electron chi connectivity index (χ1n) is 5.12. The van der Waals surface area contributed by atoms with Gasteiger partial charge in [-0.15, -0.1) is 23.1 Å². The van der Waals surface area contributed by atoms with E-state index in [4.69, 9.17) is 0 Å². The van der Waals surface area contributed by atoms with Crippen molar-refractivity contribution >= 4 is 29.1 Å². The smallest absolute Gasteiger partial charge is 0.337 e. The average molecular weight is 266 g/mol. The molecule has 0 bridgehead atoms. The van der Waals surface area contributed by atoms with Crippen LogP contribution < -0.4 is 0 Å². The van der Waals surface area contributed by atoms with Gasteiger partial charge in [-0.25, -0.2) is 4.79 Å². The lowest BCUT2D eigenvalue weighted by Gasteiger charge is -2.03. The van der Waals surface area contributed by atoms with E-state index in [1.54, 1.807) is 34.8 Å². The van der Waals surface area contributed by atoms with Crippen LogP contribution in [0.15, 0.2) is 11.7 Å². The molecule has 0 radical (unpaired) electrons. The van der Waals surface area contributed by atoms with Gasteiger partial charge in [-0.05, 0) is 12.5 Å². The number of carboxylic acids is 1. The maximum atomic E-state index is 11.3. The summed E-state index contributed by atoms with van der Waals surface area (Å²) in [4.78, 5) is 16.4. The fraction of sp³-hybridized carbons (Fsp3) is 0.273. The molecule has 0 spiro atoms. The van der Waals surface area contributed by atoms with Gasteiger partial charge in [-0.1, -0.05) is 0 Å². The Morgan fingerprint density at radius 3 is 3.06 bits per heavy atom. The number of carboxylic acid groups (broad SMARTS) is 1. The van der Waals surface area contributed by atoms with Crippen molar-refractivity contribution in [3.63, 3.8) is 0 Å². The van der Waals surface area contributed by atoms with Gasteiger partial charge < -0.3 is 9.67 Å². The van der Waals surface area contributed by atoms with Gasteiger partial charge in [0.15, 0.2) is 0 Å². The molecule has 0 aromatic carbocycles. The lowest BCUT2D eigenvalue weighted by Crippen LogP contribution is -2.00. The summed E-state index contributed by atoms with van der Waals surface area (Å²) in [6.07, 6.45) is 1.80. The van der Waals surface area contributed by atoms with Crippen molar-refractivity contribution in [3.8, 4) is 10.6 Å². The molecule has 0 amide bonds. The summed E-state index contributed by atoms with van der Waals surface area (Å²) >= 11 is 3.29. The maximum Gasteiger partial charge on any atom is 0.337 e. The third kappa shape index (κ3) is 1.51. The van der Waals surface area contributed by atoms with Gasteiger partial charge in [0.25, 0.3) is 0 Å². The molecule has 1 aliphatic rings. The molecule has 0 aliphatic carbocycles. The minimum atomic E-state index is -0.829. The quantitative estimate of drug-likeness (QED) is 0.908. The molecule has 1 N–H and O–H groups in total. The molecule has 3 heterocycles. The number of rotatable bonds is 2. The van der Waals surface area contributed by atoms with Crippen LogP contribution >= 0.6 is 23.1 Å². The highest BCUT2D eigenvalue weighted by atomic mass is 32.2. The van der Waals surface area contributed by atoms with E-state index in [-0.39, 0.29) is 0 Å². The normalized spacial score (nSPS) is 13.9. The molecule has 0 fully saturated rings. The number of carbonyl (C=O) groups is 1. The average Bonchev–Trinajstić information content (AvgIpc) is 2.91. The molecule has 4 nitrogen and oxygen atoms in total. The van der Waals surface area contributed by atoms with Crippen molar-refractivity contribution in [3.05, 3.63) is 28.5 Å². The Morgan fingerprint density at radius 1 is 1.59 bits per heavy atom. The molecule has 0 saturated heterocycles. The summed E-state index contributed by atoms with van der Waals surface area (Å²) in [6.45, 7) is 1.88. The zero-order valence-electron chi connectivity index (χ0n) is 9.14. The van der Waals surface area contributed by atoms with Crippen LogP contribution in [0.2, 0.25) is 0 Å². The second kappa shape index (κ2) is 3.89. The molecule has 17 heavy (non-hydrogen) atoms. The fourth-order valence-corrected chi connectivity index (χ4v) is 4.05. The van der Waals surface area contributed by atoms with Gasteiger partial charge in [-0.3, -0.25) is 4.98 Å². The van der Waals surface area contributed by atoms with Gasteiger partial charge in [-0.2, -0.15) is 0 Å². The zero-order chi connectivity index (χ0) is 12.0. The van der Waals surface area contributed by atoms with Gasteiger partial charge in [0.1, 0.15) is 0 Å². The molecule has 6 heteroatoms. The van der Waals surface area contributed by atoms with Gasteiger partial charge in [0.05, 0.1) is 27.5 Å². The largest absolute Gasteiger partial charge is 0.478 e.